The minimum atomic E-state index is -1.05. The summed E-state index contributed by atoms with van der Waals surface area (Å²) in [6, 6.07) is 10.2. The molecule has 3 rings (SSSR count). The van der Waals surface area contributed by atoms with E-state index in [1.807, 2.05) is 18.2 Å². The van der Waals surface area contributed by atoms with Crippen LogP contribution in [0.4, 0.5) is 5.82 Å². The van der Waals surface area contributed by atoms with Crippen LogP contribution in [0.15, 0.2) is 36.7 Å². The molecule has 24 heavy (non-hydrogen) atoms. The standard InChI is InChI=1S/C18H21N3O3/c1-12-16(18(22)23)20-11-21-17(12)19-10-14-8-5-9-15(24-14)13-6-3-2-4-7-13/h2-4,6-7,11,14-15H,5,8-10H2,1H3,(H,22,23)(H,19,20,21)/t14-,15+/m0/s1. The van der Waals surface area contributed by atoms with Gasteiger partial charge < -0.3 is 15.2 Å². The van der Waals surface area contributed by atoms with Crippen LogP contribution in [0, 0.1) is 6.92 Å². The smallest absolute Gasteiger partial charge is 0.354 e. The van der Waals surface area contributed by atoms with Crippen LogP contribution in [-0.4, -0.2) is 33.7 Å². The molecule has 0 bridgehead atoms. The van der Waals surface area contributed by atoms with E-state index in [0.717, 1.165) is 19.3 Å². The average Bonchev–Trinajstić information content (AvgIpc) is 2.61. The number of aromatic carboxylic acids is 1. The van der Waals surface area contributed by atoms with Gasteiger partial charge in [0.2, 0.25) is 0 Å². The van der Waals surface area contributed by atoms with Gasteiger partial charge in [-0.3, -0.25) is 0 Å². The molecule has 0 aliphatic carbocycles. The third kappa shape index (κ3) is 3.71. The molecule has 1 aromatic carbocycles. The zero-order chi connectivity index (χ0) is 16.9. The second-order valence-electron chi connectivity index (χ2n) is 5.97. The predicted octanol–water partition coefficient (Wildman–Crippen LogP) is 3.21. The number of carboxylic acid groups (broad SMARTS) is 1. The molecule has 2 atom stereocenters. The Kier molecular flexibility index (Phi) is 5.05. The highest BCUT2D eigenvalue weighted by Gasteiger charge is 2.24. The summed E-state index contributed by atoms with van der Waals surface area (Å²) in [5, 5.41) is 12.3. The van der Waals surface area contributed by atoms with Crippen LogP contribution < -0.4 is 5.32 Å². The molecule has 0 radical (unpaired) electrons. The Labute approximate surface area is 140 Å². The van der Waals surface area contributed by atoms with Gasteiger partial charge in [0.05, 0.1) is 12.2 Å². The van der Waals surface area contributed by atoms with E-state index in [4.69, 9.17) is 9.84 Å². The van der Waals surface area contributed by atoms with E-state index in [1.165, 1.54) is 11.9 Å². The first-order chi connectivity index (χ1) is 11.6. The lowest BCUT2D eigenvalue weighted by Crippen LogP contribution is -2.29. The zero-order valence-electron chi connectivity index (χ0n) is 13.6. The quantitative estimate of drug-likeness (QED) is 0.877. The minimum absolute atomic E-state index is 0.0271. The molecule has 0 spiro atoms. The van der Waals surface area contributed by atoms with Gasteiger partial charge in [-0.1, -0.05) is 30.3 Å². The fourth-order valence-electron chi connectivity index (χ4n) is 3.02. The summed E-state index contributed by atoms with van der Waals surface area (Å²) < 4.78 is 6.19. The Bertz CT molecular complexity index is 706. The average molecular weight is 327 g/mol. The molecule has 126 valence electrons. The molecule has 1 fully saturated rings. The van der Waals surface area contributed by atoms with E-state index in [1.54, 1.807) is 6.92 Å². The highest BCUT2D eigenvalue weighted by atomic mass is 16.5. The number of hydrogen-bond acceptors (Lipinski definition) is 5. The van der Waals surface area contributed by atoms with Gasteiger partial charge in [0.15, 0.2) is 5.69 Å². The second-order valence-corrected chi connectivity index (χ2v) is 5.97. The molecule has 1 saturated heterocycles. The number of aromatic nitrogens is 2. The van der Waals surface area contributed by atoms with Crippen LogP contribution in [-0.2, 0) is 4.74 Å². The first kappa shape index (κ1) is 16.4. The van der Waals surface area contributed by atoms with Crippen molar-refractivity contribution in [2.45, 2.75) is 38.4 Å². The molecule has 0 saturated carbocycles. The number of benzene rings is 1. The largest absolute Gasteiger partial charge is 0.476 e. The van der Waals surface area contributed by atoms with Crippen molar-refractivity contribution in [1.82, 2.24) is 9.97 Å². The molecule has 0 unspecified atom stereocenters. The molecule has 2 aromatic rings. The number of nitrogens with one attached hydrogen (secondary N) is 1. The third-order valence-corrected chi connectivity index (χ3v) is 4.30. The SMILES string of the molecule is Cc1c(NC[C@@H]2CCC[C@H](c3ccccc3)O2)ncnc1C(=O)O. The van der Waals surface area contributed by atoms with E-state index in [0.29, 0.717) is 17.9 Å². The molecule has 6 nitrogen and oxygen atoms in total. The maximum absolute atomic E-state index is 11.1. The monoisotopic (exact) mass is 327 g/mol. The van der Waals surface area contributed by atoms with Gasteiger partial charge in [-0.15, -0.1) is 0 Å². The van der Waals surface area contributed by atoms with Gasteiger partial charge in [0.25, 0.3) is 0 Å². The number of ether oxygens (including phenoxy) is 1. The molecular weight excluding hydrogens is 306 g/mol. The first-order valence-corrected chi connectivity index (χ1v) is 8.14. The Hall–Kier alpha value is -2.47. The zero-order valence-corrected chi connectivity index (χ0v) is 13.6. The van der Waals surface area contributed by atoms with Gasteiger partial charge in [-0.25, -0.2) is 14.8 Å². The van der Waals surface area contributed by atoms with E-state index in [-0.39, 0.29) is 17.9 Å². The number of carboxylic acids is 1. The van der Waals surface area contributed by atoms with Crippen molar-refractivity contribution in [3.8, 4) is 0 Å². The lowest BCUT2D eigenvalue weighted by molar-refractivity contribution is -0.0442. The fraction of sp³-hybridized carbons (Fsp3) is 0.389. The van der Waals surface area contributed by atoms with Crippen molar-refractivity contribution in [2.24, 2.45) is 0 Å². The van der Waals surface area contributed by atoms with Crippen LogP contribution in [0.1, 0.15) is 47.0 Å². The van der Waals surface area contributed by atoms with Crippen LogP contribution in [0.3, 0.4) is 0 Å². The number of carbonyl (C=O) groups is 1. The molecular formula is C18H21N3O3. The first-order valence-electron chi connectivity index (χ1n) is 8.14. The molecule has 0 amide bonds. The normalized spacial score (nSPS) is 20.5. The Morgan fingerprint density at radius 3 is 2.83 bits per heavy atom. The summed E-state index contributed by atoms with van der Waals surface area (Å²) in [6.45, 7) is 2.31. The van der Waals surface area contributed by atoms with Gasteiger partial charge in [0, 0.05) is 12.1 Å². The van der Waals surface area contributed by atoms with Crippen molar-refractivity contribution >= 4 is 11.8 Å². The fourth-order valence-corrected chi connectivity index (χ4v) is 3.02. The summed E-state index contributed by atoms with van der Waals surface area (Å²) >= 11 is 0. The Balaban J connectivity index is 1.63. The van der Waals surface area contributed by atoms with Crippen molar-refractivity contribution in [3.63, 3.8) is 0 Å². The summed E-state index contributed by atoms with van der Waals surface area (Å²) in [5.74, 6) is -0.496. The van der Waals surface area contributed by atoms with E-state index < -0.39 is 5.97 Å². The molecule has 1 aliphatic rings. The van der Waals surface area contributed by atoms with Crippen molar-refractivity contribution in [1.29, 1.82) is 0 Å². The van der Waals surface area contributed by atoms with E-state index in [9.17, 15) is 4.79 Å². The Morgan fingerprint density at radius 1 is 1.29 bits per heavy atom. The highest BCUT2D eigenvalue weighted by Crippen LogP contribution is 2.31. The van der Waals surface area contributed by atoms with Gasteiger partial charge in [0.1, 0.15) is 12.1 Å². The maximum Gasteiger partial charge on any atom is 0.354 e. The van der Waals surface area contributed by atoms with Crippen molar-refractivity contribution in [2.75, 3.05) is 11.9 Å². The van der Waals surface area contributed by atoms with Crippen LogP contribution in [0.25, 0.3) is 0 Å². The summed E-state index contributed by atoms with van der Waals surface area (Å²) in [7, 11) is 0. The van der Waals surface area contributed by atoms with Gasteiger partial charge in [-0.05, 0) is 31.7 Å². The molecule has 2 N–H and O–H groups in total. The van der Waals surface area contributed by atoms with Crippen molar-refractivity contribution in [3.05, 3.63) is 53.5 Å². The highest BCUT2D eigenvalue weighted by molar-refractivity contribution is 5.88. The molecule has 1 aliphatic heterocycles. The van der Waals surface area contributed by atoms with Gasteiger partial charge in [-0.2, -0.15) is 0 Å². The second kappa shape index (κ2) is 7.40. The van der Waals surface area contributed by atoms with E-state index in [2.05, 4.69) is 27.4 Å². The number of nitrogens with zero attached hydrogens (tertiary/aromatic N) is 2. The van der Waals surface area contributed by atoms with Crippen LogP contribution in [0.2, 0.25) is 0 Å². The van der Waals surface area contributed by atoms with Crippen LogP contribution in [0.5, 0.6) is 0 Å². The molecule has 2 heterocycles. The van der Waals surface area contributed by atoms with E-state index >= 15 is 0 Å². The molecule has 6 heteroatoms. The number of anilines is 1. The lowest BCUT2D eigenvalue weighted by Gasteiger charge is -2.30. The summed E-state index contributed by atoms with van der Waals surface area (Å²) in [4.78, 5) is 19.1. The Morgan fingerprint density at radius 2 is 2.08 bits per heavy atom. The topological polar surface area (TPSA) is 84.3 Å². The van der Waals surface area contributed by atoms with Crippen LogP contribution >= 0.6 is 0 Å². The minimum Gasteiger partial charge on any atom is -0.476 e. The molecule has 1 aromatic heterocycles. The summed E-state index contributed by atoms with van der Waals surface area (Å²) in [5.41, 5.74) is 1.77. The number of rotatable bonds is 5. The maximum atomic E-state index is 11.1. The van der Waals surface area contributed by atoms with Crippen molar-refractivity contribution < 1.29 is 14.6 Å². The van der Waals surface area contributed by atoms with Gasteiger partial charge >= 0.3 is 5.97 Å². The summed E-state index contributed by atoms with van der Waals surface area (Å²) in [6.07, 6.45) is 4.57. The third-order valence-electron chi connectivity index (χ3n) is 4.30. The number of hydrogen-bond donors (Lipinski definition) is 2. The predicted molar refractivity (Wildman–Crippen MR) is 90.1 cm³/mol. The lowest BCUT2D eigenvalue weighted by atomic mass is 9.98.